The largest absolute Gasteiger partial charge is 0.324 e. The Balaban J connectivity index is 2.71. The number of carbonyl (C=O) groups excluding carboxylic acids is 1. The molecule has 1 rings (SSSR count). The molecule has 1 heterocycles. The van der Waals surface area contributed by atoms with E-state index in [1.54, 1.807) is 19.2 Å². The molecule has 1 amide bonds. The summed E-state index contributed by atoms with van der Waals surface area (Å²) in [7, 11) is 0. The molecule has 1 atom stereocenters. The highest BCUT2D eigenvalue weighted by molar-refractivity contribution is 5.97. The van der Waals surface area contributed by atoms with E-state index in [2.05, 4.69) is 10.3 Å². The predicted molar refractivity (Wildman–Crippen MR) is 65.1 cm³/mol. The Morgan fingerprint density at radius 1 is 1.62 bits per heavy atom. The van der Waals surface area contributed by atoms with Crippen LogP contribution >= 0.6 is 0 Å². The fourth-order valence-electron chi connectivity index (χ4n) is 1.53. The van der Waals surface area contributed by atoms with Crippen molar-refractivity contribution in [2.24, 2.45) is 5.73 Å². The summed E-state index contributed by atoms with van der Waals surface area (Å²) in [4.78, 5) is 15.9. The molecule has 1 aromatic rings. The fourth-order valence-corrected chi connectivity index (χ4v) is 1.53. The third-order valence-corrected chi connectivity index (χ3v) is 2.44. The number of pyridine rings is 1. The van der Waals surface area contributed by atoms with E-state index in [4.69, 9.17) is 5.73 Å². The van der Waals surface area contributed by atoms with Crippen molar-refractivity contribution in [1.82, 2.24) is 4.98 Å². The highest BCUT2D eigenvalue weighted by atomic mass is 16.2. The average Bonchev–Trinajstić information content (AvgIpc) is 2.17. The molecule has 88 valence electrons. The lowest BCUT2D eigenvalue weighted by Crippen LogP contribution is -2.48. The quantitative estimate of drug-likeness (QED) is 0.815. The molecule has 0 spiro atoms. The minimum absolute atomic E-state index is 0.153. The topological polar surface area (TPSA) is 68.0 Å². The zero-order valence-corrected chi connectivity index (χ0v) is 10.1. The van der Waals surface area contributed by atoms with Gasteiger partial charge in [0.15, 0.2) is 0 Å². The van der Waals surface area contributed by atoms with Gasteiger partial charge in [0.2, 0.25) is 5.91 Å². The molecule has 1 aromatic heterocycles. The second-order valence-electron chi connectivity index (χ2n) is 4.31. The number of nitrogens with two attached hydrogens (primary N) is 1. The molecule has 0 fully saturated rings. The Hall–Kier alpha value is -1.42. The average molecular weight is 221 g/mol. The Kier molecular flexibility index (Phi) is 4.01. The first-order chi connectivity index (χ1) is 7.45. The first-order valence-corrected chi connectivity index (χ1v) is 5.48. The van der Waals surface area contributed by atoms with Gasteiger partial charge in [0.05, 0.1) is 5.54 Å². The zero-order chi connectivity index (χ0) is 12.2. The van der Waals surface area contributed by atoms with Crippen LogP contribution in [0.1, 0.15) is 32.4 Å². The summed E-state index contributed by atoms with van der Waals surface area (Å²) in [6.07, 6.45) is 3.22. The summed E-state index contributed by atoms with van der Waals surface area (Å²) >= 11 is 0. The highest BCUT2D eigenvalue weighted by Gasteiger charge is 2.27. The number of rotatable bonds is 4. The fraction of sp³-hybridized carbons (Fsp3) is 0.500. The lowest BCUT2D eigenvalue weighted by atomic mass is 9.96. The number of aromatic nitrogens is 1. The predicted octanol–water partition coefficient (Wildman–Crippen LogP) is 1.85. The molecule has 0 aliphatic heterocycles. The Morgan fingerprint density at radius 3 is 2.88 bits per heavy atom. The molecule has 16 heavy (non-hydrogen) atoms. The molecule has 0 bridgehead atoms. The second-order valence-corrected chi connectivity index (χ2v) is 4.31. The van der Waals surface area contributed by atoms with Crippen LogP contribution < -0.4 is 11.1 Å². The van der Waals surface area contributed by atoms with Crippen molar-refractivity contribution in [1.29, 1.82) is 0 Å². The maximum atomic E-state index is 11.9. The van der Waals surface area contributed by atoms with E-state index in [9.17, 15) is 4.79 Å². The lowest BCUT2D eigenvalue weighted by molar-refractivity contribution is -0.120. The van der Waals surface area contributed by atoms with Gasteiger partial charge in [0, 0.05) is 17.6 Å². The van der Waals surface area contributed by atoms with Gasteiger partial charge in [-0.15, -0.1) is 0 Å². The van der Waals surface area contributed by atoms with Gasteiger partial charge in [-0.3, -0.25) is 9.78 Å². The highest BCUT2D eigenvalue weighted by Crippen LogP contribution is 2.13. The van der Waals surface area contributed by atoms with Crippen molar-refractivity contribution in [2.45, 2.75) is 39.2 Å². The van der Waals surface area contributed by atoms with E-state index >= 15 is 0 Å². The minimum Gasteiger partial charge on any atom is -0.324 e. The molecule has 4 heteroatoms. The van der Waals surface area contributed by atoms with Crippen LogP contribution in [-0.4, -0.2) is 16.4 Å². The normalized spacial score (nSPS) is 14.2. The maximum absolute atomic E-state index is 11.9. The lowest BCUT2D eigenvalue weighted by Gasteiger charge is -2.22. The van der Waals surface area contributed by atoms with Crippen LogP contribution in [-0.2, 0) is 4.79 Å². The van der Waals surface area contributed by atoms with Crippen molar-refractivity contribution in [3.8, 4) is 0 Å². The van der Waals surface area contributed by atoms with E-state index in [0.717, 1.165) is 17.8 Å². The number of hydrogen-bond acceptors (Lipinski definition) is 3. The molecule has 0 saturated heterocycles. The van der Waals surface area contributed by atoms with E-state index in [-0.39, 0.29) is 5.91 Å². The van der Waals surface area contributed by atoms with Gasteiger partial charge in [0.1, 0.15) is 0 Å². The molecule has 4 nitrogen and oxygen atoms in total. The first kappa shape index (κ1) is 12.6. The van der Waals surface area contributed by atoms with Gasteiger partial charge in [0.25, 0.3) is 0 Å². The van der Waals surface area contributed by atoms with E-state index in [0.29, 0.717) is 6.42 Å². The van der Waals surface area contributed by atoms with Crippen LogP contribution in [0.3, 0.4) is 0 Å². The number of hydrogen-bond donors (Lipinski definition) is 2. The monoisotopic (exact) mass is 221 g/mol. The number of carbonyl (C=O) groups is 1. The summed E-state index contributed by atoms with van der Waals surface area (Å²) in [5.74, 6) is -0.153. The number of amides is 1. The Bertz CT molecular complexity index is 374. The van der Waals surface area contributed by atoms with Gasteiger partial charge in [-0.1, -0.05) is 13.3 Å². The molecule has 0 aromatic carbocycles. The smallest absolute Gasteiger partial charge is 0.244 e. The van der Waals surface area contributed by atoms with E-state index in [1.807, 2.05) is 19.9 Å². The molecular weight excluding hydrogens is 202 g/mol. The van der Waals surface area contributed by atoms with Gasteiger partial charge in [-0.05, 0) is 32.4 Å². The summed E-state index contributed by atoms with van der Waals surface area (Å²) in [5.41, 5.74) is 6.72. The molecule has 0 aliphatic carbocycles. The van der Waals surface area contributed by atoms with E-state index in [1.165, 1.54) is 0 Å². The number of nitrogens with zero attached hydrogens (tertiary/aromatic N) is 1. The molecular formula is C12H19N3O. The van der Waals surface area contributed by atoms with Crippen molar-refractivity contribution in [2.75, 3.05) is 5.32 Å². The van der Waals surface area contributed by atoms with Crippen molar-refractivity contribution >= 4 is 11.6 Å². The van der Waals surface area contributed by atoms with Crippen molar-refractivity contribution < 1.29 is 4.79 Å². The van der Waals surface area contributed by atoms with Gasteiger partial charge >= 0.3 is 0 Å². The van der Waals surface area contributed by atoms with Gasteiger partial charge in [-0.25, -0.2) is 0 Å². The van der Waals surface area contributed by atoms with Crippen LogP contribution in [0.15, 0.2) is 18.3 Å². The van der Waals surface area contributed by atoms with Crippen LogP contribution in [0, 0.1) is 6.92 Å². The Morgan fingerprint density at radius 2 is 2.31 bits per heavy atom. The van der Waals surface area contributed by atoms with Crippen LogP contribution in [0.2, 0.25) is 0 Å². The van der Waals surface area contributed by atoms with Crippen molar-refractivity contribution in [3.05, 3.63) is 24.0 Å². The first-order valence-electron chi connectivity index (χ1n) is 5.48. The van der Waals surface area contributed by atoms with E-state index < -0.39 is 5.54 Å². The third kappa shape index (κ3) is 3.31. The standard InChI is InChI=1S/C12H19N3O/c1-4-6-12(3,13)11(16)15-10-5-7-14-9(2)8-10/h5,7-8H,4,6,13H2,1-3H3,(H,14,15,16). The van der Waals surface area contributed by atoms with Crippen LogP contribution in [0.5, 0.6) is 0 Å². The van der Waals surface area contributed by atoms with Gasteiger partial charge in [-0.2, -0.15) is 0 Å². The summed E-state index contributed by atoms with van der Waals surface area (Å²) in [6, 6.07) is 3.58. The molecule has 0 saturated carbocycles. The van der Waals surface area contributed by atoms with Gasteiger partial charge < -0.3 is 11.1 Å². The summed E-state index contributed by atoms with van der Waals surface area (Å²) in [5, 5.41) is 2.80. The van der Waals surface area contributed by atoms with Crippen LogP contribution in [0.25, 0.3) is 0 Å². The number of aryl methyl sites for hydroxylation is 1. The molecule has 0 radical (unpaired) electrons. The molecule has 1 unspecified atom stereocenters. The SMILES string of the molecule is CCCC(C)(N)C(=O)Nc1ccnc(C)c1. The molecule has 0 aliphatic rings. The molecule has 3 N–H and O–H groups in total. The number of anilines is 1. The minimum atomic E-state index is -0.814. The Labute approximate surface area is 96.3 Å². The third-order valence-electron chi connectivity index (χ3n) is 2.44. The van der Waals surface area contributed by atoms with Crippen LogP contribution in [0.4, 0.5) is 5.69 Å². The zero-order valence-electron chi connectivity index (χ0n) is 10.1. The van der Waals surface area contributed by atoms with Crippen molar-refractivity contribution in [3.63, 3.8) is 0 Å². The number of nitrogens with one attached hydrogen (secondary N) is 1. The summed E-state index contributed by atoms with van der Waals surface area (Å²) in [6.45, 7) is 5.64. The summed E-state index contributed by atoms with van der Waals surface area (Å²) < 4.78 is 0. The second kappa shape index (κ2) is 5.07. The maximum Gasteiger partial charge on any atom is 0.244 e.